The molecule has 1 saturated carbocycles. The van der Waals surface area contributed by atoms with E-state index < -0.39 is 0 Å². The quantitative estimate of drug-likeness (QED) is 0.761. The fourth-order valence-corrected chi connectivity index (χ4v) is 2.58. The highest BCUT2D eigenvalue weighted by Gasteiger charge is 2.30. The van der Waals surface area contributed by atoms with Gasteiger partial charge in [-0.15, -0.1) is 5.10 Å². The van der Waals surface area contributed by atoms with Crippen LogP contribution in [-0.4, -0.2) is 26.9 Å². The molecule has 0 amide bonds. The summed E-state index contributed by atoms with van der Waals surface area (Å²) in [5.74, 6) is 0.298. The van der Waals surface area contributed by atoms with Crippen molar-refractivity contribution in [3.05, 3.63) is 39.8 Å². The van der Waals surface area contributed by atoms with Crippen molar-refractivity contribution in [2.75, 3.05) is 6.61 Å². The third-order valence-corrected chi connectivity index (χ3v) is 3.97. The molecule has 0 spiro atoms. The maximum absolute atomic E-state index is 12.6. The zero-order chi connectivity index (χ0) is 16.4. The first-order valence-corrected chi connectivity index (χ1v) is 8.09. The van der Waals surface area contributed by atoms with Crippen molar-refractivity contribution in [1.29, 1.82) is 0 Å². The number of hydrogen-bond acceptors (Lipinski definition) is 4. The van der Waals surface area contributed by atoms with Crippen LogP contribution in [0, 0.1) is 0 Å². The van der Waals surface area contributed by atoms with Gasteiger partial charge in [0, 0.05) is 16.6 Å². The van der Waals surface area contributed by atoms with E-state index in [1.54, 1.807) is 23.6 Å². The molecule has 6 nitrogen and oxygen atoms in total. The van der Waals surface area contributed by atoms with Crippen molar-refractivity contribution in [1.82, 2.24) is 14.3 Å². The van der Waals surface area contributed by atoms with Crippen LogP contribution in [0.15, 0.2) is 29.1 Å². The third kappa shape index (κ3) is 3.47. The predicted octanol–water partition coefficient (Wildman–Crippen LogP) is 2.65. The van der Waals surface area contributed by atoms with E-state index in [1.165, 1.54) is 4.68 Å². The lowest BCUT2D eigenvalue weighted by Gasteiger charge is -2.03. The second-order valence-electron chi connectivity index (χ2n) is 5.49. The van der Waals surface area contributed by atoms with Crippen LogP contribution >= 0.6 is 11.6 Å². The molecule has 1 fully saturated rings. The summed E-state index contributed by atoms with van der Waals surface area (Å²) in [6.45, 7) is 2.31. The number of benzene rings is 1. The summed E-state index contributed by atoms with van der Waals surface area (Å²) < 4.78 is 7.96. The van der Waals surface area contributed by atoms with E-state index in [0.717, 1.165) is 18.4 Å². The molecule has 0 atom stereocenters. The monoisotopic (exact) mass is 335 g/mol. The van der Waals surface area contributed by atoms with Crippen LogP contribution in [0.4, 0.5) is 0 Å². The van der Waals surface area contributed by atoms with E-state index in [9.17, 15) is 9.59 Å². The molecule has 1 aromatic heterocycles. The van der Waals surface area contributed by atoms with Gasteiger partial charge in [-0.25, -0.2) is 9.48 Å². The zero-order valence-electron chi connectivity index (χ0n) is 12.9. The first kappa shape index (κ1) is 15.8. The molecule has 0 bridgehead atoms. The van der Waals surface area contributed by atoms with Gasteiger partial charge in [0.1, 0.15) is 0 Å². The zero-order valence-corrected chi connectivity index (χ0v) is 13.6. The van der Waals surface area contributed by atoms with Crippen LogP contribution in [0.3, 0.4) is 0 Å². The van der Waals surface area contributed by atoms with Crippen LogP contribution in [0.25, 0.3) is 11.4 Å². The maximum atomic E-state index is 12.6. The number of ether oxygens (including phenoxy) is 1. The molecule has 0 aliphatic heterocycles. The largest absolute Gasteiger partial charge is 0.466 e. The van der Waals surface area contributed by atoms with Gasteiger partial charge in [0.2, 0.25) is 0 Å². The summed E-state index contributed by atoms with van der Waals surface area (Å²) in [7, 11) is 0. The number of halogens is 1. The topological polar surface area (TPSA) is 66.1 Å². The van der Waals surface area contributed by atoms with Gasteiger partial charge in [0.25, 0.3) is 0 Å². The molecule has 0 N–H and O–H groups in total. The normalized spacial score (nSPS) is 14.0. The van der Waals surface area contributed by atoms with Gasteiger partial charge in [-0.1, -0.05) is 11.6 Å². The molecule has 1 aromatic carbocycles. The van der Waals surface area contributed by atoms with Gasteiger partial charge in [-0.3, -0.25) is 9.36 Å². The molecule has 1 heterocycles. The van der Waals surface area contributed by atoms with Crippen molar-refractivity contribution in [2.24, 2.45) is 0 Å². The van der Waals surface area contributed by atoms with Crippen molar-refractivity contribution in [3.8, 4) is 11.4 Å². The Hall–Kier alpha value is -2.08. The second kappa shape index (κ2) is 6.58. The van der Waals surface area contributed by atoms with Crippen molar-refractivity contribution < 1.29 is 9.53 Å². The molecule has 7 heteroatoms. The third-order valence-electron chi connectivity index (χ3n) is 3.72. The Morgan fingerprint density at radius 2 is 2.04 bits per heavy atom. The van der Waals surface area contributed by atoms with E-state index in [-0.39, 0.29) is 30.7 Å². The Labute approximate surface area is 138 Å². The summed E-state index contributed by atoms with van der Waals surface area (Å²) in [6, 6.07) is 7.44. The average Bonchev–Trinajstić information content (AvgIpc) is 3.31. The summed E-state index contributed by atoms with van der Waals surface area (Å²) >= 11 is 5.92. The highest BCUT2D eigenvalue weighted by molar-refractivity contribution is 6.30. The molecule has 2 aromatic rings. The van der Waals surface area contributed by atoms with E-state index >= 15 is 0 Å². The minimum absolute atomic E-state index is 0.134. The molecule has 1 aliphatic rings. The van der Waals surface area contributed by atoms with E-state index in [2.05, 4.69) is 5.10 Å². The lowest BCUT2D eigenvalue weighted by molar-refractivity contribution is -0.143. The van der Waals surface area contributed by atoms with Gasteiger partial charge in [-0.2, -0.15) is 0 Å². The first-order chi connectivity index (χ1) is 11.1. The lowest BCUT2D eigenvalue weighted by atomic mass is 10.2. The Morgan fingerprint density at radius 1 is 1.35 bits per heavy atom. The van der Waals surface area contributed by atoms with Crippen LogP contribution in [0.5, 0.6) is 0 Å². The van der Waals surface area contributed by atoms with Crippen LogP contribution < -0.4 is 5.69 Å². The molecule has 1 aliphatic carbocycles. The standard InChI is InChI=1S/C16H18ClN3O3/c1-2-23-14(21)9-10-19-16(22)20(13-7-8-13)15(18-19)11-3-5-12(17)6-4-11/h3-6,13H,2,7-10H2,1H3. The molecule has 0 radical (unpaired) electrons. The molecule has 0 saturated heterocycles. The number of carbonyl (C=O) groups excluding carboxylic acids is 1. The number of hydrogen-bond donors (Lipinski definition) is 0. The lowest BCUT2D eigenvalue weighted by Crippen LogP contribution is -2.25. The van der Waals surface area contributed by atoms with E-state index in [0.29, 0.717) is 17.5 Å². The van der Waals surface area contributed by atoms with Crippen molar-refractivity contribution >= 4 is 17.6 Å². The number of aryl methyl sites for hydroxylation is 1. The van der Waals surface area contributed by atoms with Gasteiger partial charge in [-0.05, 0) is 44.0 Å². The Morgan fingerprint density at radius 3 is 2.65 bits per heavy atom. The fourth-order valence-electron chi connectivity index (χ4n) is 2.45. The Bertz CT molecular complexity index is 760. The Balaban J connectivity index is 1.90. The molecule has 3 rings (SSSR count). The number of aromatic nitrogens is 3. The SMILES string of the molecule is CCOC(=O)CCn1nc(-c2ccc(Cl)cc2)n(C2CC2)c1=O. The fraction of sp³-hybridized carbons (Fsp3) is 0.438. The smallest absolute Gasteiger partial charge is 0.346 e. The molecule has 0 unspecified atom stereocenters. The number of rotatable bonds is 6. The van der Waals surface area contributed by atoms with Gasteiger partial charge < -0.3 is 4.74 Å². The minimum Gasteiger partial charge on any atom is -0.466 e. The summed E-state index contributed by atoms with van der Waals surface area (Å²) in [5.41, 5.74) is 0.662. The molecular formula is C16H18ClN3O3. The molecule has 122 valence electrons. The van der Waals surface area contributed by atoms with E-state index in [4.69, 9.17) is 16.3 Å². The molecular weight excluding hydrogens is 318 g/mol. The highest BCUT2D eigenvalue weighted by Crippen LogP contribution is 2.36. The van der Waals surface area contributed by atoms with Gasteiger partial charge in [0.15, 0.2) is 5.82 Å². The maximum Gasteiger partial charge on any atom is 0.346 e. The van der Waals surface area contributed by atoms with Gasteiger partial charge >= 0.3 is 11.7 Å². The second-order valence-corrected chi connectivity index (χ2v) is 5.93. The summed E-state index contributed by atoms with van der Waals surface area (Å²) in [5, 5.41) is 5.05. The highest BCUT2D eigenvalue weighted by atomic mass is 35.5. The number of esters is 1. The first-order valence-electron chi connectivity index (χ1n) is 7.71. The number of carbonyl (C=O) groups is 1. The van der Waals surface area contributed by atoms with E-state index in [1.807, 2.05) is 12.1 Å². The average molecular weight is 336 g/mol. The minimum atomic E-state index is -0.326. The number of nitrogens with zero attached hydrogens (tertiary/aromatic N) is 3. The van der Waals surface area contributed by atoms with Gasteiger partial charge in [0.05, 0.1) is 19.6 Å². The van der Waals surface area contributed by atoms with Crippen molar-refractivity contribution in [2.45, 2.75) is 38.8 Å². The van der Waals surface area contributed by atoms with Crippen molar-refractivity contribution in [3.63, 3.8) is 0 Å². The predicted molar refractivity (Wildman–Crippen MR) is 86.5 cm³/mol. The van der Waals surface area contributed by atoms with Crippen LogP contribution in [0.1, 0.15) is 32.2 Å². The summed E-state index contributed by atoms with van der Waals surface area (Å²) in [4.78, 5) is 24.1. The summed E-state index contributed by atoms with van der Waals surface area (Å²) in [6.07, 6.45) is 2.09. The molecule has 23 heavy (non-hydrogen) atoms. The van der Waals surface area contributed by atoms with Crippen LogP contribution in [0.2, 0.25) is 5.02 Å². The Kier molecular flexibility index (Phi) is 4.52. The van der Waals surface area contributed by atoms with Crippen LogP contribution in [-0.2, 0) is 16.1 Å².